The van der Waals surface area contributed by atoms with Crippen LogP contribution in [0.1, 0.15) is 5.56 Å². The first-order valence-corrected chi connectivity index (χ1v) is 7.52. The minimum atomic E-state index is -2.90. The third-order valence-electron chi connectivity index (χ3n) is 3.38. The third-order valence-corrected chi connectivity index (χ3v) is 3.66. The molecule has 0 atom stereocenters. The van der Waals surface area contributed by atoms with Gasteiger partial charge in [-0.2, -0.15) is 8.78 Å². The summed E-state index contributed by atoms with van der Waals surface area (Å²) in [7, 11) is 0. The Kier molecular flexibility index (Phi) is 4.71. The molecule has 0 bridgehead atoms. The molecule has 1 aliphatic heterocycles. The van der Waals surface area contributed by atoms with Crippen molar-refractivity contribution in [2.24, 2.45) is 0 Å². The Morgan fingerprint density at radius 3 is 2.32 bits per heavy atom. The highest BCUT2D eigenvalue weighted by atomic mass is 32.1. The molecule has 0 aromatic heterocycles. The van der Waals surface area contributed by atoms with Crippen LogP contribution in [0.25, 0.3) is 6.08 Å². The Balaban J connectivity index is 1.81. The number of nitrogens with one attached hydrogen (secondary N) is 1. The van der Waals surface area contributed by atoms with E-state index >= 15 is 0 Å². The second-order valence-electron chi connectivity index (χ2n) is 5.05. The Labute approximate surface area is 146 Å². The summed E-state index contributed by atoms with van der Waals surface area (Å²) in [5, 5.41) is 2.95. The Morgan fingerprint density at radius 1 is 1.08 bits per heavy atom. The first-order valence-electron chi connectivity index (χ1n) is 7.11. The van der Waals surface area contributed by atoms with Crippen LogP contribution in [0.5, 0.6) is 5.75 Å². The van der Waals surface area contributed by atoms with Crippen molar-refractivity contribution in [1.82, 2.24) is 5.32 Å². The summed E-state index contributed by atoms with van der Waals surface area (Å²) in [6, 6.07) is 11.2. The summed E-state index contributed by atoms with van der Waals surface area (Å²) in [5.74, 6) is -0.799. The highest BCUT2D eigenvalue weighted by Gasteiger charge is 2.31. The number of thiocarbonyl (C=S) groups is 1. The maximum atomic E-state index is 13.0. The summed E-state index contributed by atoms with van der Waals surface area (Å²) in [5.41, 5.74) is 1.26. The number of carbonyl (C=O) groups is 1. The van der Waals surface area contributed by atoms with Gasteiger partial charge in [0.1, 0.15) is 17.3 Å². The molecule has 1 fully saturated rings. The molecule has 1 saturated heterocycles. The SMILES string of the molecule is O=C1C(=Cc2ccc(OC(F)F)cc2)NC(=S)N1c1ccc(F)cc1. The first-order chi connectivity index (χ1) is 11.9. The molecule has 0 saturated carbocycles. The molecule has 4 nitrogen and oxygen atoms in total. The number of benzene rings is 2. The predicted octanol–water partition coefficient (Wildman–Crippen LogP) is 3.69. The number of nitrogens with zero attached hydrogens (tertiary/aromatic N) is 1. The lowest BCUT2D eigenvalue weighted by Crippen LogP contribution is -2.30. The number of anilines is 1. The van der Waals surface area contributed by atoms with Crippen LogP contribution in [0.4, 0.5) is 18.9 Å². The summed E-state index contributed by atoms with van der Waals surface area (Å²) in [6.45, 7) is -2.90. The van der Waals surface area contributed by atoms with Crippen LogP contribution in [-0.4, -0.2) is 17.6 Å². The molecule has 128 valence electrons. The van der Waals surface area contributed by atoms with E-state index in [4.69, 9.17) is 12.2 Å². The Morgan fingerprint density at radius 2 is 1.72 bits per heavy atom. The van der Waals surface area contributed by atoms with E-state index in [-0.39, 0.29) is 16.6 Å². The summed E-state index contributed by atoms with van der Waals surface area (Å²) < 4.78 is 41.6. The van der Waals surface area contributed by atoms with Crippen LogP contribution >= 0.6 is 12.2 Å². The summed E-state index contributed by atoms with van der Waals surface area (Å²) >= 11 is 5.15. The number of hydrogen-bond acceptors (Lipinski definition) is 3. The van der Waals surface area contributed by atoms with Gasteiger partial charge >= 0.3 is 6.61 Å². The highest BCUT2D eigenvalue weighted by molar-refractivity contribution is 7.80. The topological polar surface area (TPSA) is 41.6 Å². The van der Waals surface area contributed by atoms with Gasteiger partial charge in [0.15, 0.2) is 5.11 Å². The van der Waals surface area contributed by atoms with Crippen molar-refractivity contribution >= 4 is 35.0 Å². The average Bonchev–Trinajstić information content (AvgIpc) is 2.84. The second-order valence-corrected chi connectivity index (χ2v) is 5.44. The zero-order valence-corrected chi connectivity index (χ0v) is 13.4. The van der Waals surface area contributed by atoms with Crippen molar-refractivity contribution in [3.05, 3.63) is 65.6 Å². The third kappa shape index (κ3) is 3.80. The van der Waals surface area contributed by atoms with E-state index in [1.54, 1.807) is 0 Å². The number of ether oxygens (including phenoxy) is 1. The van der Waals surface area contributed by atoms with Gasteiger partial charge < -0.3 is 10.1 Å². The summed E-state index contributed by atoms with van der Waals surface area (Å²) in [4.78, 5) is 13.8. The molecule has 2 aromatic rings. The monoisotopic (exact) mass is 364 g/mol. The molecular formula is C17H11F3N2O2S. The molecule has 0 aliphatic carbocycles. The number of alkyl halides is 2. The molecule has 0 unspecified atom stereocenters. The maximum absolute atomic E-state index is 13.0. The van der Waals surface area contributed by atoms with Gasteiger partial charge in [0, 0.05) is 0 Å². The van der Waals surface area contributed by atoms with Crippen molar-refractivity contribution in [3.63, 3.8) is 0 Å². The van der Waals surface area contributed by atoms with E-state index in [1.807, 2.05) is 0 Å². The molecule has 0 spiro atoms. The highest BCUT2D eigenvalue weighted by Crippen LogP contribution is 2.23. The summed E-state index contributed by atoms with van der Waals surface area (Å²) in [6.07, 6.45) is 1.53. The van der Waals surface area contributed by atoms with Gasteiger partial charge in [0.25, 0.3) is 5.91 Å². The van der Waals surface area contributed by atoms with Crippen molar-refractivity contribution in [3.8, 4) is 5.75 Å². The Bertz CT molecular complexity index is 836. The zero-order valence-electron chi connectivity index (χ0n) is 12.6. The average molecular weight is 364 g/mol. The number of halogens is 3. The fourth-order valence-corrected chi connectivity index (χ4v) is 2.57. The molecular weight excluding hydrogens is 353 g/mol. The normalized spacial score (nSPS) is 15.8. The lowest BCUT2D eigenvalue weighted by atomic mass is 10.2. The van der Waals surface area contributed by atoms with E-state index < -0.39 is 18.3 Å². The molecule has 25 heavy (non-hydrogen) atoms. The standard InChI is InChI=1S/C17H11F3N2O2S/c18-11-3-5-12(6-4-11)22-15(23)14(21-17(22)25)9-10-1-7-13(8-2-10)24-16(19)20/h1-9,16H,(H,21,25). The minimum Gasteiger partial charge on any atom is -0.435 e. The number of hydrogen-bond donors (Lipinski definition) is 1. The van der Waals surface area contributed by atoms with E-state index in [0.717, 1.165) is 0 Å². The van der Waals surface area contributed by atoms with Crippen LogP contribution in [0.15, 0.2) is 54.2 Å². The molecule has 1 N–H and O–H groups in total. The fraction of sp³-hybridized carbons (Fsp3) is 0.0588. The van der Waals surface area contributed by atoms with Gasteiger partial charge in [0.05, 0.1) is 5.69 Å². The van der Waals surface area contributed by atoms with E-state index in [9.17, 15) is 18.0 Å². The van der Waals surface area contributed by atoms with Gasteiger partial charge in [-0.3, -0.25) is 9.69 Å². The number of amides is 1. The van der Waals surface area contributed by atoms with Crippen molar-refractivity contribution < 1.29 is 22.7 Å². The molecule has 1 heterocycles. The number of carbonyl (C=O) groups excluding carboxylic acids is 1. The quantitative estimate of drug-likeness (QED) is 0.664. The van der Waals surface area contributed by atoms with Gasteiger partial charge in [0.2, 0.25) is 0 Å². The molecule has 3 rings (SSSR count). The van der Waals surface area contributed by atoms with Crippen LogP contribution in [0, 0.1) is 5.82 Å². The first kappa shape index (κ1) is 17.0. The van der Waals surface area contributed by atoms with Crippen LogP contribution in [0.2, 0.25) is 0 Å². The van der Waals surface area contributed by atoms with Crippen LogP contribution in [-0.2, 0) is 4.79 Å². The van der Waals surface area contributed by atoms with Gasteiger partial charge in [-0.05, 0) is 60.3 Å². The second kappa shape index (κ2) is 6.94. The molecule has 8 heteroatoms. The van der Waals surface area contributed by atoms with Gasteiger partial charge in [-0.25, -0.2) is 4.39 Å². The van der Waals surface area contributed by atoms with E-state index in [1.165, 1.54) is 59.5 Å². The van der Waals surface area contributed by atoms with Crippen molar-refractivity contribution in [2.45, 2.75) is 6.61 Å². The lowest BCUT2D eigenvalue weighted by molar-refractivity contribution is -0.113. The smallest absolute Gasteiger partial charge is 0.387 e. The molecule has 0 radical (unpaired) electrons. The fourth-order valence-electron chi connectivity index (χ4n) is 2.27. The van der Waals surface area contributed by atoms with E-state index in [0.29, 0.717) is 11.3 Å². The van der Waals surface area contributed by atoms with Crippen molar-refractivity contribution in [2.75, 3.05) is 4.90 Å². The largest absolute Gasteiger partial charge is 0.435 e. The van der Waals surface area contributed by atoms with Gasteiger partial charge in [-0.1, -0.05) is 12.1 Å². The zero-order chi connectivity index (χ0) is 18.0. The van der Waals surface area contributed by atoms with Crippen molar-refractivity contribution in [1.29, 1.82) is 0 Å². The minimum absolute atomic E-state index is 0.0197. The van der Waals surface area contributed by atoms with Crippen LogP contribution in [0.3, 0.4) is 0 Å². The van der Waals surface area contributed by atoms with E-state index in [2.05, 4.69) is 10.1 Å². The van der Waals surface area contributed by atoms with Crippen LogP contribution < -0.4 is 15.0 Å². The Hall–Kier alpha value is -2.87. The van der Waals surface area contributed by atoms with Gasteiger partial charge in [-0.15, -0.1) is 0 Å². The lowest BCUT2D eigenvalue weighted by Gasteiger charge is -2.13. The predicted molar refractivity (Wildman–Crippen MR) is 90.7 cm³/mol. The maximum Gasteiger partial charge on any atom is 0.387 e. The molecule has 1 amide bonds. The molecule has 2 aromatic carbocycles. The number of rotatable bonds is 4. The molecule has 1 aliphatic rings.